The Kier molecular flexibility index (Phi) is 7.43. The fourth-order valence-electron chi connectivity index (χ4n) is 3.71. The molecule has 15 heteroatoms. The standard InChI is InChI=1S/C21H22ClF3N8O3/c1-2-3-9-31-17-16(26-19(22)27-17)18(34)32(20(31)35)10-6-11-33-29-15(28-30-33)12-13-7-4-5-8-14(13)36-21(23,24)25/h4-5,7-8H,2-3,6,9-12H2,1H3,(H,26,27). The highest BCUT2D eigenvalue weighted by Gasteiger charge is 2.32. The molecule has 0 atom stereocenters. The normalized spacial score (nSPS) is 11.9. The minimum atomic E-state index is -4.82. The van der Waals surface area contributed by atoms with Gasteiger partial charge in [-0.25, -0.2) is 4.79 Å². The summed E-state index contributed by atoms with van der Waals surface area (Å²) in [6.45, 7) is 2.67. The molecule has 0 amide bonds. The van der Waals surface area contributed by atoms with Crippen LogP contribution in [0.1, 0.15) is 37.6 Å². The lowest BCUT2D eigenvalue weighted by Crippen LogP contribution is -2.40. The van der Waals surface area contributed by atoms with Crippen molar-refractivity contribution in [3.63, 3.8) is 0 Å². The summed E-state index contributed by atoms with van der Waals surface area (Å²) in [7, 11) is 0. The van der Waals surface area contributed by atoms with Crippen LogP contribution in [0, 0.1) is 0 Å². The van der Waals surface area contributed by atoms with Gasteiger partial charge in [0.1, 0.15) is 5.75 Å². The number of H-pyrrole nitrogens is 1. The van der Waals surface area contributed by atoms with Gasteiger partial charge in [0.2, 0.25) is 5.28 Å². The maximum absolute atomic E-state index is 13.0. The van der Waals surface area contributed by atoms with Gasteiger partial charge in [0, 0.05) is 25.1 Å². The Labute approximate surface area is 206 Å². The summed E-state index contributed by atoms with van der Waals surface area (Å²) >= 11 is 5.93. The van der Waals surface area contributed by atoms with Gasteiger partial charge in [-0.1, -0.05) is 31.5 Å². The molecule has 3 heterocycles. The molecule has 0 aliphatic heterocycles. The lowest BCUT2D eigenvalue weighted by atomic mass is 10.1. The average Bonchev–Trinajstić information content (AvgIpc) is 3.42. The van der Waals surface area contributed by atoms with Crippen molar-refractivity contribution < 1.29 is 17.9 Å². The number of ether oxygens (including phenoxy) is 1. The zero-order valence-corrected chi connectivity index (χ0v) is 19.9. The van der Waals surface area contributed by atoms with Gasteiger partial charge in [-0.15, -0.1) is 23.4 Å². The lowest BCUT2D eigenvalue weighted by Gasteiger charge is -2.12. The van der Waals surface area contributed by atoms with E-state index in [9.17, 15) is 22.8 Å². The van der Waals surface area contributed by atoms with Gasteiger partial charge in [0.15, 0.2) is 17.0 Å². The van der Waals surface area contributed by atoms with Crippen molar-refractivity contribution >= 4 is 22.8 Å². The van der Waals surface area contributed by atoms with Gasteiger partial charge in [-0.3, -0.25) is 13.9 Å². The molecule has 0 unspecified atom stereocenters. The first-order valence-electron chi connectivity index (χ1n) is 11.2. The molecule has 0 radical (unpaired) electrons. The van der Waals surface area contributed by atoms with Crippen LogP contribution in [-0.2, 0) is 26.1 Å². The van der Waals surface area contributed by atoms with Gasteiger partial charge < -0.3 is 9.72 Å². The van der Waals surface area contributed by atoms with Crippen molar-refractivity contribution in [1.29, 1.82) is 0 Å². The molecule has 4 aromatic rings. The highest BCUT2D eigenvalue weighted by molar-refractivity contribution is 6.28. The second kappa shape index (κ2) is 10.5. The molecule has 36 heavy (non-hydrogen) atoms. The number of fused-ring (bicyclic) bond motifs is 1. The predicted molar refractivity (Wildman–Crippen MR) is 123 cm³/mol. The highest BCUT2D eigenvalue weighted by atomic mass is 35.5. The number of rotatable bonds is 10. The third kappa shape index (κ3) is 5.75. The number of tetrazole rings is 1. The number of unbranched alkanes of at least 4 members (excludes halogenated alkanes) is 1. The molecule has 11 nitrogen and oxygen atoms in total. The molecule has 0 aliphatic carbocycles. The third-order valence-corrected chi connectivity index (χ3v) is 5.53. The number of benzene rings is 1. The summed E-state index contributed by atoms with van der Waals surface area (Å²) in [6.07, 6.45) is -2.96. The number of aromatic amines is 1. The summed E-state index contributed by atoms with van der Waals surface area (Å²) in [6, 6.07) is 5.71. The molecule has 0 fully saturated rings. The minimum absolute atomic E-state index is 0.0195. The number of alkyl halides is 3. The molecule has 0 aliphatic rings. The number of aromatic nitrogens is 8. The summed E-state index contributed by atoms with van der Waals surface area (Å²) in [5.41, 5.74) is -0.401. The summed E-state index contributed by atoms with van der Waals surface area (Å²) in [4.78, 5) is 33.9. The number of halogens is 4. The zero-order valence-electron chi connectivity index (χ0n) is 19.1. The lowest BCUT2D eigenvalue weighted by molar-refractivity contribution is -0.274. The summed E-state index contributed by atoms with van der Waals surface area (Å²) < 4.78 is 44.5. The van der Waals surface area contributed by atoms with Crippen LogP contribution >= 0.6 is 11.6 Å². The predicted octanol–water partition coefficient (Wildman–Crippen LogP) is 2.91. The number of para-hydroxylation sites is 1. The molecular weight excluding hydrogens is 505 g/mol. The Bertz CT molecular complexity index is 1470. The van der Waals surface area contributed by atoms with Crippen LogP contribution in [0.2, 0.25) is 5.28 Å². The molecule has 192 valence electrons. The molecule has 0 bridgehead atoms. The molecule has 1 aromatic carbocycles. The number of nitrogens with one attached hydrogen (secondary N) is 1. The fourth-order valence-corrected chi connectivity index (χ4v) is 3.88. The van der Waals surface area contributed by atoms with E-state index in [0.717, 1.165) is 17.4 Å². The number of hydrogen-bond acceptors (Lipinski definition) is 7. The van der Waals surface area contributed by atoms with Crippen molar-refractivity contribution in [1.82, 2.24) is 39.3 Å². The Morgan fingerprint density at radius 1 is 1.08 bits per heavy atom. The van der Waals surface area contributed by atoms with E-state index in [1.165, 1.54) is 27.6 Å². The van der Waals surface area contributed by atoms with Crippen LogP contribution in [0.25, 0.3) is 11.2 Å². The van der Waals surface area contributed by atoms with Crippen molar-refractivity contribution in [2.24, 2.45) is 0 Å². The number of nitrogens with zero attached hydrogens (tertiary/aromatic N) is 7. The Balaban J connectivity index is 1.47. The minimum Gasteiger partial charge on any atom is -0.405 e. The first kappa shape index (κ1) is 25.4. The quantitative estimate of drug-likeness (QED) is 0.315. The Hall–Kier alpha value is -3.68. The Morgan fingerprint density at radius 2 is 1.83 bits per heavy atom. The number of aryl methyl sites for hydroxylation is 2. The Morgan fingerprint density at radius 3 is 2.58 bits per heavy atom. The van der Waals surface area contributed by atoms with Crippen molar-refractivity contribution in [3.8, 4) is 5.75 Å². The van der Waals surface area contributed by atoms with E-state index < -0.39 is 17.6 Å². The van der Waals surface area contributed by atoms with Crippen LogP contribution in [0.15, 0.2) is 33.9 Å². The summed E-state index contributed by atoms with van der Waals surface area (Å²) in [5.74, 6) is -0.143. The number of hydrogen-bond donors (Lipinski definition) is 1. The average molecular weight is 527 g/mol. The van der Waals surface area contributed by atoms with E-state index >= 15 is 0 Å². The molecule has 0 saturated carbocycles. The maximum atomic E-state index is 13.0. The van der Waals surface area contributed by atoms with Gasteiger partial charge in [0.05, 0.1) is 6.54 Å². The second-order valence-electron chi connectivity index (χ2n) is 7.96. The van der Waals surface area contributed by atoms with E-state index in [1.807, 2.05) is 6.92 Å². The van der Waals surface area contributed by atoms with Gasteiger partial charge in [-0.05, 0) is 35.7 Å². The smallest absolute Gasteiger partial charge is 0.405 e. The second-order valence-corrected chi connectivity index (χ2v) is 8.32. The molecule has 0 spiro atoms. The third-order valence-electron chi connectivity index (χ3n) is 5.35. The van der Waals surface area contributed by atoms with Gasteiger partial charge in [0.25, 0.3) is 5.56 Å². The highest BCUT2D eigenvalue weighted by Crippen LogP contribution is 2.27. The molecular formula is C21H22ClF3N8O3. The first-order valence-corrected chi connectivity index (χ1v) is 11.5. The van der Waals surface area contributed by atoms with Crippen molar-refractivity contribution in [3.05, 3.63) is 61.8 Å². The molecule has 1 N–H and O–H groups in total. The molecule has 3 aromatic heterocycles. The van der Waals surface area contributed by atoms with Crippen LogP contribution < -0.4 is 16.0 Å². The van der Waals surface area contributed by atoms with Crippen LogP contribution in [0.5, 0.6) is 5.75 Å². The van der Waals surface area contributed by atoms with E-state index in [0.29, 0.717) is 13.0 Å². The summed E-state index contributed by atoms with van der Waals surface area (Å²) in [5, 5.41) is 12.0. The maximum Gasteiger partial charge on any atom is 0.573 e. The van der Waals surface area contributed by atoms with Gasteiger partial charge in [-0.2, -0.15) is 9.78 Å². The van der Waals surface area contributed by atoms with Crippen LogP contribution in [0.3, 0.4) is 0 Å². The van der Waals surface area contributed by atoms with E-state index in [4.69, 9.17) is 11.6 Å². The fraction of sp³-hybridized carbons (Fsp3) is 0.429. The van der Waals surface area contributed by atoms with Gasteiger partial charge >= 0.3 is 12.1 Å². The van der Waals surface area contributed by atoms with Crippen molar-refractivity contribution in [2.45, 2.75) is 58.6 Å². The van der Waals surface area contributed by atoms with Crippen molar-refractivity contribution in [2.75, 3.05) is 0 Å². The SMILES string of the molecule is CCCCn1c(=O)n(CCCn2nnc(Cc3ccccc3OC(F)(F)F)n2)c(=O)c2[nH]c(Cl)nc21. The topological polar surface area (TPSA) is 126 Å². The van der Waals surface area contributed by atoms with Crippen LogP contribution in [0.4, 0.5) is 13.2 Å². The number of imidazole rings is 1. The monoisotopic (exact) mass is 526 g/mol. The van der Waals surface area contributed by atoms with E-state index in [1.54, 1.807) is 6.07 Å². The first-order chi connectivity index (χ1) is 17.2. The molecule has 4 rings (SSSR count). The molecule has 0 saturated heterocycles. The van der Waals surface area contributed by atoms with E-state index in [2.05, 4.69) is 30.1 Å². The zero-order chi connectivity index (χ0) is 25.9. The van der Waals surface area contributed by atoms with E-state index in [-0.39, 0.29) is 53.1 Å². The largest absolute Gasteiger partial charge is 0.573 e. The van der Waals surface area contributed by atoms with Crippen LogP contribution in [-0.4, -0.2) is 45.7 Å².